The molecular formula is C18H17N3O4. The Morgan fingerprint density at radius 2 is 1.60 bits per heavy atom. The predicted molar refractivity (Wildman–Crippen MR) is 91.0 cm³/mol. The summed E-state index contributed by atoms with van der Waals surface area (Å²) in [5.74, 6) is 0.526. The van der Waals surface area contributed by atoms with Gasteiger partial charge < -0.3 is 20.0 Å². The highest BCUT2D eigenvalue weighted by atomic mass is 16.5. The zero-order valence-electron chi connectivity index (χ0n) is 13.5. The van der Waals surface area contributed by atoms with Gasteiger partial charge in [0.25, 0.3) is 0 Å². The minimum Gasteiger partial charge on any atom is -0.497 e. The third kappa shape index (κ3) is 3.84. The van der Waals surface area contributed by atoms with E-state index in [1.54, 1.807) is 31.4 Å². The van der Waals surface area contributed by atoms with Gasteiger partial charge in [0.2, 0.25) is 11.8 Å². The Balaban J connectivity index is 1.76. The molecule has 0 fully saturated rings. The third-order valence-corrected chi connectivity index (χ3v) is 3.74. The fourth-order valence-electron chi connectivity index (χ4n) is 2.31. The van der Waals surface area contributed by atoms with Crippen molar-refractivity contribution in [3.63, 3.8) is 0 Å². The van der Waals surface area contributed by atoms with E-state index in [0.29, 0.717) is 11.8 Å². The molecule has 1 heterocycles. The first-order chi connectivity index (χ1) is 12.1. The molecule has 0 saturated carbocycles. The second kappa shape index (κ2) is 7.14. The monoisotopic (exact) mass is 339 g/mol. The van der Waals surface area contributed by atoms with Crippen LogP contribution < -0.4 is 10.5 Å². The lowest BCUT2D eigenvalue weighted by molar-refractivity contribution is -0.138. The Hall–Kier alpha value is -3.19. The van der Waals surface area contributed by atoms with Crippen LogP contribution in [0.15, 0.2) is 52.9 Å². The molecule has 0 aliphatic rings. The van der Waals surface area contributed by atoms with Crippen molar-refractivity contribution < 1.29 is 19.1 Å². The van der Waals surface area contributed by atoms with Crippen LogP contribution >= 0.6 is 0 Å². The second-order valence-corrected chi connectivity index (χ2v) is 5.49. The number of carboxylic acids is 1. The van der Waals surface area contributed by atoms with E-state index in [2.05, 4.69) is 10.2 Å². The molecule has 3 aromatic rings. The van der Waals surface area contributed by atoms with Crippen LogP contribution in [0.5, 0.6) is 5.75 Å². The Morgan fingerprint density at radius 1 is 1.08 bits per heavy atom. The molecule has 3 rings (SSSR count). The number of aliphatic carboxylic acids is 1. The van der Waals surface area contributed by atoms with Crippen LogP contribution in [0.3, 0.4) is 0 Å². The highest BCUT2D eigenvalue weighted by Crippen LogP contribution is 2.25. The molecule has 128 valence electrons. The van der Waals surface area contributed by atoms with Gasteiger partial charge in [0, 0.05) is 11.1 Å². The lowest BCUT2D eigenvalue weighted by Crippen LogP contribution is -2.32. The number of hydrogen-bond donors (Lipinski definition) is 2. The van der Waals surface area contributed by atoms with Gasteiger partial charge in [-0.05, 0) is 48.4 Å². The van der Waals surface area contributed by atoms with Crippen LogP contribution in [-0.4, -0.2) is 34.4 Å². The van der Waals surface area contributed by atoms with Gasteiger partial charge in [-0.25, -0.2) is 0 Å². The van der Waals surface area contributed by atoms with Crippen molar-refractivity contribution in [1.29, 1.82) is 0 Å². The lowest BCUT2D eigenvalue weighted by atomic mass is 10.0. The van der Waals surface area contributed by atoms with E-state index in [9.17, 15) is 4.79 Å². The quantitative estimate of drug-likeness (QED) is 0.709. The Morgan fingerprint density at radius 3 is 2.08 bits per heavy atom. The summed E-state index contributed by atoms with van der Waals surface area (Å²) in [6.07, 6.45) is 0.260. The van der Waals surface area contributed by atoms with Gasteiger partial charge in [-0.3, -0.25) is 4.79 Å². The zero-order chi connectivity index (χ0) is 17.8. The number of rotatable bonds is 6. The molecule has 7 nitrogen and oxygen atoms in total. The number of ether oxygens (including phenoxy) is 1. The summed E-state index contributed by atoms with van der Waals surface area (Å²) in [4.78, 5) is 10.8. The number of carbonyl (C=O) groups is 1. The van der Waals surface area contributed by atoms with E-state index >= 15 is 0 Å². The van der Waals surface area contributed by atoms with Crippen molar-refractivity contribution in [1.82, 2.24) is 10.2 Å². The van der Waals surface area contributed by atoms with Crippen LogP contribution in [0.2, 0.25) is 0 Å². The fraction of sp³-hybridized carbons (Fsp3) is 0.167. The number of carboxylic acid groups (broad SMARTS) is 1. The summed E-state index contributed by atoms with van der Waals surface area (Å²) in [5.41, 5.74) is 7.91. The van der Waals surface area contributed by atoms with E-state index in [-0.39, 0.29) is 6.42 Å². The van der Waals surface area contributed by atoms with Crippen LogP contribution in [0.4, 0.5) is 0 Å². The molecule has 1 atom stereocenters. The van der Waals surface area contributed by atoms with E-state index in [1.807, 2.05) is 24.3 Å². The van der Waals surface area contributed by atoms with Crippen molar-refractivity contribution in [3.05, 3.63) is 54.1 Å². The molecule has 7 heteroatoms. The smallest absolute Gasteiger partial charge is 0.320 e. The molecule has 2 aromatic carbocycles. The molecule has 0 unspecified atom stereocenters. The summed E-state index contributed by atoms with van der Waals surface area (Å²) >= 11 is 0. The zero-order valence-corrected chi connectivity index (χ0v) is 13.5. The summed E-state index contributed by atoms with van der Waals surface area (Å²) in [5, 5.41) is 17.0. The van der Waals surface area contributed by atoms with E-state index in [0.717, 1.165) is 22.4 Å². The number of benzene rings is 2. The van der Waals surface area contributed by atoms with Crippen molar-refractivity contribution in [2.45, 2.75) is 12.5 Å². The first-order valence-corrected chi connectivity index (χ1v) is 7.62. The third-order valence-electron chi connectivity index (χ3n) is 3.74. The standard InChI is InChI=1S/C18H17N3O4/c1-24-14-8-6-13(7-9-14)17-21-20-16(25-17)12-4-2-11(3-5-12)10-15(19)18(22)23/h2-9,15H,10,19H2,1H3,(H,22,23)/t15-/m0/s1. The van der Waals surface area contributed by atoms with Crippen LogP contribution in [0.1, 0.15) is 5.56 Å². The SMILES string of the molecule is COc1ccc(-c2nnc(-c3ccc(C[C@H](N)C(=O)O)cc3)o2)cc1. The summed E-state index contributed by atoms with van der Waals surface area (Å²) < 4.78 is 10.8. The average Bonchev–Trinajstić information content (AvgIpc) is 3.12. The highest BCUT2D eigenvalue weighted by molar-refractivity contribution is 5.73. The first kappa shape index (κ1) is 16.7. The highest BCUT2D eigenvalue weighted by Gasteiger charge is 2.13. The Bertz CT molecular complexity index is 857. The Labute approximate surface area is 144 Å². The molecular weight excluding hydrogens is 322 g/mol. The van der Waals surface area contributed by atoms with E-state index in [4.69, 9.17) is 20.0 Å². The van der Waals surface area contributed by atoms with Crippen molar-refractivity contribution in [3.8, 4) is 28.7 Å². The van der Waals surface area contributed by atoms with Crippen LogP contribution in [0.25, 0.3) is 22.9 Å². The minimum absolute atomic E-state index is 0.260. The first-order valence-electron chi connectivity index (χ1n) is 7.62. The van der Waals surface area contributed by atoms with Crippen molar-refractivity contribution >= 4 is 5.97 Å². The van der Waals surface area contributed by atoms with Gasteiger partial charge in [0.1, 0.15) is 11.8 Å². The molecule has 3 N–H and O–H groups in total. The molecule has 0 aliphatic heterocycles. The maximum Gasteiger partial charge on any atom is 0.320 e. The fourth-order valence-corrected chi connectivity index (χ4v) is 2.31. The number of hydrogen-bond acceptors (Lipinski definition) is 6. The second-order valence-electron chi connectivity index (χ2n) is 5.49. The maximum absolute atomic E-state index is 10.8. The van der Waals surface area contributed by atoms with Gasteiger partial charge >= 0.3 is 5.97 Å². The molecule has 0 aliphatic carbocycles. The van der Waals surface area contributed by atoms with Crippen molar-refractivity contribution in [2.24, 2.45) is 5.73 Å². The van der Waals surface area contributed by atoms with E-state index in [1.165, 1.54) is 0 Å². The number of aromatic nitrogens is 2. The van der Waals surface area contributed by atoms with Crippen molar-refractivity contribution in [2.75, 3.05) is 7.11 Å². The summed E-state index contributed by atoms with van der Waals surface area (Å²) in [7, 11) is 1.60. The van der Waals surface area contributed by atoms with Gasteiger partial charge in [0.05, 0.1) is 7.11 Å². The number of nitrogens with zero attached hydrogens (tertiary/aromatic N) is 2. The van der Waals surface area contributed by atoms with Gasteiger partial charge in [-0.2, -0.15) is 0 Å². The normalized spacial score (nSPS) is 11.9. The van der Waals surface area contributed by atoms with E-state index < -0.39 is 12.0 Å². The van der Waals surface area contributed by atoms with Crippen LogP contribution in [0, 0.1) is 0 Å². The largest absolute Gasteiger partial charge is 0.497 e. The van der Waals surface area contributed by atoms with Crippen LogP contribution in [-0.2, 0) is 11.2 Å². The number of nitrogens with two attached hydrogens (primary N) is 1. The topological polar surface area (TPSA) is 111 Å². The molecule has 0 spiro atoms. The van der Waals surface area contributed by atoms with Gasteiger partial charge in [0.15, 0.2) is 0 Å². The lowest BCUT2D eigenvalue weighted by Gasteiger charge is -2.06. The summed E-state index contributed by atoms with van der Waals surface area (Å²) in [6, 6.07) is 13.6. The minimum atomic E-state index is -1.02. The summed E-state index contributed by atoms with van der Waals surface area (Å²) in [6.45, 7) is 0. The average molecular weight is 339 g/mol. The molecule has 0 saturated heterocycles. The number of methoxy groups -OCH3 is 1. The molecule has 0 amide bonds. The molecule has 0 radical (unpaired) electrons. The molecule has 1 aromatic heterocycles. The molecule has 25 heavy (non-hydrogen) atoms. The van der Waals surface area contributed by atoms with Gasteiger partial charge in [-0.1, -0.05) is 12.1 Å². The Kier molecular flexibility index (Phi) is 4.76. The molecule has 0 bridgehead atoms. The predicted octanol–water partition coefficient (Wildman–Crippen LogP) is 2.37. The van der Waals surface area contributed by atoms with Gasteiger partial charge in [-0.15, -0.1) is 10.2 Å². The maximum atomic E-state index is 10.8.